The lowest BCUT2D eigenvalue weighted by Gasteiger charge is -2.22. The highest BCUT2D eigenvalue weighted by atomic mass is 16.5. The van der Waals surface area contributed by atoms with Crippen LogP contribution in [0.15, 0.2) is 18.2 Å². The van der Waals surface area contributed by atoms with Crippen molar-refractivity contribution in [2.75, 3.05) is 52.2 Å². The van der Waals surface area contributed by atoms with Gasteiger partial charge in [0.05, 0.1) is 18.3 Å². The summed E-state index contributed by atoms with van der Waals surface area (Å²) in [5.74, 6) is -0.282. The van der Waals surface area contributed by atoms with Gasteiger partial charge in [0.1, 0.15) is 17.0 Å². The molecule has 0 atom stereocenters. The van der Waals surface area contributed by atoms with E-state index in [1.807, 2.05) is 18.4 Å². The average molecular weight is 554 g/mol. The summed E-state index contributed by atoms with van der Waals surface area (Å²) in [6.07, 6.45) is 3.00. The summed E-state index contributed by atoms with van der Waals surface area (Å²) in [6.45, 7) is 8.84. The Labute approximate surface area is 233 Å². The largest absolute Gasteiger partial charge is 0.494 e. The number of nitrogens with zero attached hydrogens (tertiary/aromatic N) is 6. The summed E-state index contributed by atoms with van der Waals surface area (Å²) < 4.78 is 9.01. The summed E-state index contributed by atoms with van der Waals surface area (Å²) >= 11 is 0. The predicted octanol–water partition coefficient (Wildman–Crippen LogP) is 2.05. The molecule has 0 bridgehead atoms. The van der Waals surface area contributed by atoms with Crippen LogP contribution in [0.1, 0.15) is 52.7 Å². The second kappa shape index (κ2) is 12.8. The van der Waals surface area contributed by atoms with Crippen molar-refractivity contribution in [2.45, 2.75) is 46.2 Å². The van der Waals surface area contributed by atoms with Crippen LogP contribution in [0.4, 0.5) is 10.7 Å². The Morgan fingerprint density at radius 1 is 1.15 bits per heavy atom. The van der Waals surface area contributed by atoms with Crippen LogP contribution in [-0.4, -0.2) is 93.9 Å². The van der Waals surface area contributed by atoms with Gasteiger partial charge in [0.2, 0.25) is 11.9 Å². The van der Waals surface area contributed by atoms with E-state index in [1.54, 1.807) is 34.8 Å². The van der Waals surface area contributed by atoms with Crippen molar-refractivity contribution in [3.8, 4) is 5.75 Å². The van der Waals surface area contributed by atoms with Gasteiger partial charge in [-0.15, -0.1) is 0 Å². The number of fused-ring (bicyclic) bond motifs is 1. The number of amides is 4. The van der Waals surface area contributed by atoms with E-state index in [1.165, 1.54) is 20.0 Å². The van der Waals surface area contributed by atoms with E-state index in [2.05, 4.69) is 25.6 Å². The lowest BCUT2D eigenvalue weighted by Crippen LogP contribution is -2.41. The third-order valence-corrected chi connectivity index (χ3v) is 7.10. The highest BCUT2D eigenvalue weighted by Crippen LogP contribution is 2.31. The van der Waals surface area contributed by atoms with Gasteiger partial charge in [-0.3, -0.25) is 19.6 Å². The molecular formula is C27H39N9O4. The zero-order chi connectivity index (χ0) is 28.8. The predicted molar refractivity (Wildman–Crippen MR) is 152 cm³/mol. The fourth-order valence-electron chi connectivity index (χ4n) is 4.94. The van der Waals surface area contributed by atoms with Crippen LogP contribution in [0, 0.1) is 6.92 Å². The molecule has 4 rings (SSSR count). The number of likely N-dealkylation sites (tertiary alicyclic amines) is 1. The first-order valence-corrected chi connectivity index (χ1v) is 13.7. The summed E-state index contributed by atoms with van der Waals surface area (Å²) in [7, 11) is 3.29. The number of nitrogens with two attached hydrogens (primary N) is 1. The van der Waals surface area contributed by atoms with Crippen molar-refractivity contribution < 1.29 is 19.1 Å². The van der Waals surface area contributed by atoms with Crippen molar-refractivity contribution >= 4 is 34.8 Å². The monoisotopic (exact) mass is 553 g/mol. The van der Waals surface area contributed by atoms with Gasteiger partial charge >= 0.3 is 6.03 Å². The number of aromatic nitrogens is 4. The molecule has 1 saturated heterocycles. The number of anilines is 1. The number of likely N-dealkylation sites (N-methyl/N-ethyl adjacent to an activating group) is 1. The van der Waals surface area contributed by atoms with Crippen LogP contribution in [0.3, 0.4) is 0 Å². The number of aryl methyl sites for hydroxylation is 3. The number of rotatable bonds is 12. The molecule has 13 nitrogen and oxygen atoms in total. The third-order valence-electron chi connectivity index (χ3n) is 7.10. The van der Waals surface area contributed by atoms with Crippen LogP contribution in [0.25, 0.3) is 11.0 Å². The highest BCUT2D eigenvalue weighted by molar-refractivity contribution is 6.04. The van der Waals surface area contributed by atoms with Crippen molar-refractivity contribution in [1.29, 1.82) is 0 Å². The third kappa shape index (κ3) is 6.53. The van der Waals surface area contributed by atoms with Gasteiger partial charge in [-0.05, 0) is 64.4 Å². The summed E-state index contributed by atoms with van der Waals surface area (Å²) in [5, 5.41) is 10.2. The Morgan fingerprint density at radius 3 is 2.58 bits per heavy atom. The zero-order valence-corrected chi connectivity index (χ0v) is 23.7. The van der Waals surface area contributed by atoms with E-state index in [0.29, 0.717) is 55.1 Å². The number of methoxy groups -OCH3 is 1. The van der Waals surface area contributed by atoms with E-state index in [9.17, 15) is 14.4 Å². The minimum absolute atomic E-state index is 0.130. The first-order valence-electron chi connectivity index (χ1n) is 13.7. The number of benzene rings is 1. The van der Waals surface area contributed by atoms with Crippen LogP contribution < -0.4 is 21.1 Å². The molecule has 1 aromatic carbocycles. The minimum atomic E-state index is -0.612. The number of imidazole rings is 1. The topological polar surface area (TPSA) is 153 Å². The van der Waals surface area contributed by atoms with E-state index in [-0.39, 0.29) is 23.5 Å². The van der Waals surface area contributed by atoms with Crippen LogP contribution in [0.2, 0.25) is 0 Å². The average Bonchev–Trinajstić information content (AvgIpc) is 3.67. The van der Waals surface area contributed by atoms with Crippen molar-refractivity contribution in [1.82, 2.24) is 34.4 Å². The van der Waals surface area contributed by atoms with Gasteiger partial charge in [-0.1, -0.05) is 0 Å². The first kappa shape index (κ1) is 28.9. The Bertz CT molecular complexity index is 1370. The first-order chi connectivity index (χ1) is 19.2. The smallest absolute Gasteiger partial charge is 0.317 e. The molecule has 0 unspecified atom stereocenters. The van der Waals surface area contributed by atoms with Gasteiger partial charge in [-0.2, -0.15) is 5.10 Å². The number of hydrogen-bond acceptors (Lipinski definition) is 7. The Morgan fingerprint density at radius 2 is 1.90 bits per heavy atom. The number of nitrogens with one attached hydrogen (secondary N) is 2. The van der Waals surface area contributed by atoms with Gasteiger partial charge in [0, 0.05) is 45.3 Å². The molecule has 216 valence electrons. The second-order valence-corrected chi connectivity index (χ2v) is 9.99. The maximum Gasteiger partial charge on any atom is 0.317 e. The molecule has 0 spiro atoms. The fourth-order valence-corrected chi connectivity index (χ4v) is 4.94. The molecule has 0 radical (unpaired) electrons. The SMILES string of the molecule is CCn1nc(C)cc1C(=O)Nc1nc2cc(C(N)=O)cc(OC)c2n1CCCNC(=O)N(C)CCN1CCCC1. The summed E-state index contributed by atoms with van der Waals surface area (Å²) in [5.41, 5.74) is 7.97. The molecule has 3 aromatic rings. The van der Waals surface area contributed by atoms with E-state index < -0.39 is 5.91 Å². The lowest BCUT2D eigenvalue weighted by atomic mass is 10.1. The molecule has 1 aliphatic heterocycles. The molecule has 2 aromatic heterocycles. The van der Waals surface area contributed by atoms with E-state index in [4.69, 9.17) is 10.5 Å². The summed E-state index contributed by atoms with van der Waals surface area (Å²) in [6, 6.07) is 4.72. The number of urea groups is 1. The second-order valence-electron chi connectivity index (χ2n) is 9.99. The maximum absolute atomic E-state index is 13.2. The van der Waals surface area contributed by atoms with Gasteiger partial charge in [-0.25, -0.2) is 9.78 Å². The van der Waals surface area contributed by atoms with Crippen molar-refractivity contribution in [3.05, 3.63) is 35.2 Å². The molecule has 0 aliphatic carbocycles. The normalized spacial score (nSPS) is 13.5. The van der Waals surface area contributed by atoms with E-state index in [0.717, 1.165) is 25.3 Å². The number of ether oxygens (including phenoxy) is 1. The van der Waals surface area contributed by atoms with Crippen LogP contribution >= 0.6 is 0 Å². The quantitative estimate of drug-likeness (QED) is 0.290. The minimum Gasteiger partial charge on any atom is -0.494 e. The molecule has 13 heteroatoms. The van der Waals surface area contributed by atoms with E-state index >= 15 is 0 Å². The Kier molecular flexibility index (Phi) is 9.25. The van der Waals surface area contributed by atoms with Crippen molar-refractivity contribution in [2.24, 2.45) is 5.73 Å². The van der Waals surface area contributed by atoms with Gasteiger partial charge < -0.3 is 30.2 Å². The van der Waals surface area contributed by atoms with Crippen LogP contribution in [0.5, 0.6) is 5.75 Å². The Balaban J connectivity index is 1.50. The highest BCUT2D eigenvalue weighted by Gasteiger charge is 2.22. The molecular weight excluding hydrogens is 514 g/mol. The molecule has 4 amide bonds. The van der Waals surface area contributed by atoms with Gasteiger partial charge in [0.25, 0.3) is 5.91 Å². The number of primary amides is 1. The lowest BCUT2D eigenvalue weighted by molar-refractivity contribution is 0.0995. The Hall–Kier alpha value is -4.13. The molecule has 4 N–H and O–H groups in total. The molecule has 3 heterocycles. The zero-order valence-electron chi connectivity index (χ0n) is 23.7. The summed E-state index contributed by atoms with van der Waals surface area (Å²) in [4.78, 5) is 46.4. The molecule has 1 aliphatic rings. The molecule has 0 saturated carbocycles. The molecule has 40 heavy (non-hydrogen) atoms. The van der Waals surface area contributed by atoms with Gasteiger partial charge in [0.15, 0.2) is 0 Å². The maximum atomic E-state index is 13.2. The number of hydrogen-bond donors (Lipinski definition) is 3. The standard InChI is InChI=1S/C27H39N9O4/c1-5-36-21(15-18(2)32-36)25(38)31-26-30-20-16-19(24(28)37)17-22(40-4)23(20)35(26)12-8-9-29-27(39)33(3)13-14-34-10-6-7-11-34/h15-17H,5-14H2,1-4H3,(H2,28,37)(H,29,39)(H,30,31,38). The molecule has 1 fully saturated rings. The van der Waals surface area contributed by atoms with Crippen LogP contribution in [-0.2, 0) is 13.1 Å². The number of carbonyl (C=O) groups is 3. The number of carbonyl (C=O) groups excluding carboxylic acids is 3. The van der Waals surface area contributed by atoms with Crippen molar-refractivity contribution in [3.63, 3.8) is 0 Å². The fraction of sp³-hybridized carbons (Fsp3) is 0.519.